The molecule has 0 bridgehead atoms. The zero-order valence-corrected chi connectivity index (χ0v) is 9.29. The van der Waals surface area contributed by atoms with Crippen LogP contribution >= 0.6 is 0 Å². The molecule has 0 aromatic rings. The highest BCUT2D eigenvalue weighted by Gasteiger charge is 2.67. The topological polar surface area (TPSA) is 49.3 Å². The molecule has 1 aliphatic heterocycles. The molecule has 14 heavy (non-hydrogen) atoms. The Labute approximate surface area is 84.9 Å². The van der Waals surface area contributed by atoms with Crippen molar-refractivity contribution >= 4 is 5.97 Å². The molecule has 2 rings (SSSR count). The van der Waals surface area contributed by atoms with Gasteiger partial charge in [-0.2, -0.15) is 0 Å². The number of carboxylic acid groups (broad SMARTS) is 1. The van der Waals surface area contributed by atoms with Gasteiger partial charge in [0.25, 0.3) is 0 Å². The summed E-state index contributed by atoms with van der Waals surface area (Å²) in [5.41, 5.74) is 0.388. The second-order valence-electron chi connectivity index (χ2n) is 5.80. The van der Waals surface area contributed by atoms with Crippen LogP contribution in [0.15, 0.2) is 0 Å². The summed E-state index contributed by atoms with van der Waals surface area (Å²) >= 11 is 0. The lowest BCUT2D eigenvalue weighted by atomic mass is 9.40. The first-order valence-electron chi connectivity index (χ1n) is 5.26. The summed E-state index contributed by atoms with van der Waals surface area (Å²) in [5.74, 6) is 0.134. The fourth-order valence-electron chi connectivity index (χ4n) is 3.42. The van der Waals surface area contributed by atoms with Crippen molar-refractivity contribution in [3.05, 3.63) is 0 Å². The second kappa shape index (κ2) is 2.51. The highest BCUT2D eigenvalue weighted by molar-refractivity contribution is 5.75. The predicted octanol–water partition coefficient (Wildman–Crippen LogP) is 1.34. The Morgan fingerprint density at radius 2 is 1.86 bits per heavy atom. The molecular formula is C11H19NO2. The molecule has 3 heteroatoms. The monoisotopic (exact) mass is 197 g/mol. The number of carbonyl (C=O) groups is 1. The molecule has 0 aromatic heterocycles. The lowest BCUT2D eigenvalue weighted by molar-refractivity contribution is -0.166. The third-order valence-corrected chi connectivity index (χ3v) is 5.04. The number of hydrogen-bond acceptors (Lipinski definition) is 2. The van der Waals surface area contributed by atoms with E-state index in [4.69, 9.17) is 5.11 Å². The maximum atomic E-state index is 11.0. The molecule has 80 valence electrons. The standard InChI is InChI=1S/C11H19NO2/c1-10(2)6-5-12-8(9(13)14)7(6)11(10,3)4/h6-8,12H,5H2,1-4H3,(H,13,14)/t6-,7-,8-/m0/s1. The minimum Gasteiger partial charge on any atom is -0.480 e. The fraction of sp³-hybridized carbons (Fsp3) is 0.909. The van der Waals surface area contributed by atoms with Gasteiger partial charge >= 0.3 is 5.97 Å². The first-order chi connectivity index (χ1) is 6.30. The summed E-state index contributed by atoms with van der Waals surface area (Å²) < 4.78 is 0. The summed E-state index contributed by atoms with van der Waals surface area (Å²) in [4.78, 5) is 11.0. The van der Waals surface area contributed by atoms with E-state index < -0.39 is 5.97 Å². The molecule has 2 aliphatic rings. The van der Waals surface area contributed by atoms with Crippen LogP contribution in [0.25, 0.3) is 0 Å². The molecule has 0 unspecified atom stereocenters. The van der Waals surface area contributed by atoms with E-state index in [1.807, 2.05) is 0 Å². The van der Waals surface area contributed by atoms with Crippen molar-refractivity contribution in [2.24, 2.45) is 22.7 Å². The normalized spacial score (nSPS) is 42.7. The molecule has 3 nitrogen and oxygen atoms in total. The lowest BCUT2D eigenvalue weighted by Crippen LogP contribution is -2.62. The van der Waals surface area contributed by atoms with E-state index >= 15 is 0 Å². The van der Waals surface area contributed by atoms with Gasteiger partial charge in [0.15, 0.2) is 0 Å². The lowest BCUT2D eigenvalue weighted by Gasteiger charge is -2.63. The van der Waals surface area contributed by atoms with Gasteiger partial charge < -0.3 is 10.4 Å². The summed E-state index contributed by atoms with van der Waals surface area (Å²) in [6, 6.07) is -0.331. The Kier molecular flexibility index (Phi) is 1.79. The van der Waals surface area contributed by atoms with E-state index in [0.29, 0.717) is 11.8 Å². The number of fused-ring (bicyclic) bond motifs is 1. The van der Waals surface area contributed by atoms with Crippen molar-refractivity contribution in [3.8, 4) is 0 Å². The van der Waals surface area contributed by atoms with Gasteiger partial charge in [0.05, 0.1) is 0 Å². The Morgan fingerprint density at radius 1 is 1.29 bits per heavy atom. The van der Waals surface area contributed by atoms with Gasteiger partial charge in [-0.05, 0) is 29.2 Å². The zero-order valence-electron chi connectivity index (χ0n) is 9.29. The fourth-order valence-corrected chi connectivity index (χ4v) is 3.42. The molecule has 2 fully saturated rings. The quantitative estimate of drug-likeness (QED) is 0.667. The van der Waals surface area contributed by atoms with E-state index in [-0.39, 0.29) is 16.9 Å². The Bertz CT molecular complexity index is 283. The van der Waals surface area contributed by atoms with Crippen LogP contribution in [0.2, 0.25) is 0 Å². The summed E-state index contributed by atoms with van der Waals surface area (Å²) in [5, 5.41) is 12.2. The van der Waals surface area contributed by atoms with Crippen LogP contribution in [0.5, 0.6) is 0 Å². The van der Waals surface area contributed by atoms with Crippen molar-refractivity contribution in [2.75, 3.05) is 6.54 Å². The van der Waals surface area contributed by atoms with Crippen molar-refractivity contribution in [1.82, 2.24) is 5.32 Å². The maximum Gasteiger partial charge on any atom is 0.321 e. The van der Waals surface area contributed by atoms with E-state index in [1.165, 1.54) is 0 Å². The second-order valence-corrected chi connectivity index (χ2v) is 5.80. The smallest absolute Gasteiger partial charge is 0.321 e. The molecule has 1 saturated carbocycles. The molecule has 0 radical (unpaired) electrons. The highest BCUT2D eigenvalue weighted by atomic mass is 16.4. The van der Waals surface area contributed by atoms with Gasteiger partial charge in [0.2, 0.25) is 0 Å². The van der Waals surface area contributed by atoms with Crippen LogP contribution in [0.1, 0.15) is 27.7 Å². The Hall–Kier alpha value is -0.570. The average Bonchev–Trinajstić information content (AvgIpc) is 2.46. The molecule has 0 aromatic carbocycles. The molecule has 3 atom stereocenters. The van der Waals surface area contributed by atoms with E-state index in [1.54, 1.807) is 0 Å². The Morgan fingerprint density at radius 3 is 2.36 bits per heavy atom. The van der Waals surface area contributed by atoms with Crippen LogP contribution in [-0.2, 0) is 4.79 Å². The SMILES string of the molecule is CC1(C)[C@@H]2[C@@H](C(=O)O)NC[C@@H]2C1(C)C. The maximum absolute atomic E-state index is 11.0. The predicted molar refractivity (Wildman–Crippen MR) is 54.0 cm³/mol. The molecule has 0 amide bonds. The van der Waals surface area contributed by atoms with Gasteiger partial charge in [0.1, 0.15) is 6.04 Å². The van der Waals surface area contributed by atoms with Crippen LogP contribution in [-0.4, -0.2) is 23.7 Å². The minimum absolute atomic E-state index is 0.129. The van der Waals surface area contributed by atoms with E-state index in [9.17, 15) is 4.79 Å². The number of rotatable bonds is 1. The van der Waals surface area contributed by atoms with Gasteiger partial charge in [0, 0.05) is 0 Å². The van der Waals surface area contributed by atoms with Crippen LogP contribution in [0, 0.1) is 22.7 Å². The zero-order chi connectivity index (χ0) is 10.7. The van der Waals surface area contributed by atoms with E-state index in [2.05, 4.69) is 33.0 Å². The van der Waals surface area contributed by atoms with Crippen molar-refractivity contribution in [2.45, 2.75) is 33.7 Å². The largest absolute Gasteiger partial charge is 0.480 e. The first kappa shape index (κ1) is 9.97. The van der Waals surface area contributed by atoms with Crippen LogP contribution in [0.4, 0.5) is 0 Å². The van der Waals surface area contributed by atoms with Gasteiger partial charge in [-0.1, -0.05) is 27.7 Å². The summed E-state index contributed by atoms with van der Waals surface area (Å²) in [6.45, 7) is 9.74. The van der Waals surface area contributed by atoms with E-state index in [0.717, 1.165) is 6.54 Å². The molecule has 0 spiro atoms. The summed E-state index contributed by atoms with van der Waals surface area (Å²) in [6.07, 6.45) is 0. The first-order valence-corrected chi connectivity index (χ1v) is 5.26. The van der Waals surface area contributed by atoms with Gasteiger partial charge in [-0.3, -0.25) is 4.79 Å². The molecule has 1 saturated heterocycles. The number of nitrogens with one attached hydrogen (secondary N) is 1. The van der Waals surface area contributed by atoms with Gasteiger partial charge in [-0.25, -0.2) is 0 Å². The Balaban J connectivity index is 2.28. The molecule has 1 aliphatic carbocycles. The van der Waals surface area contributed by atoms with Crippen LogP contribution in [0.3, 0.4) is 0 Å². The number of hydrogen-bond donors (Lipinski definition) is 2. The van der Waals surface area contributed by atoms with Gasteiger partial charge in [-0.15, -0.1) is 0 Å². The number of aliphatic carboxylic acids is 1. The third kappa shape index (κ3) is 0.888. The van der Waals surface area contributed by atoms with Crippen LogP contribution < -0.4 is 5.32 Å². The van der Waals surface area contributed by atoms with Crippen molar-refractivity contribution in [3.63, 3.8) is 0 Å². The third-order valence-electron chi connectivity index (χ3n) is 5.04. The summed E-state index contributed by atoms with van der Waals surface area (Å²) in [7, 11) is 0. The average molecular weight is 197 g/mol. The van der Waals surface area contributed by atoms with Crippen molar-refractivity contribution in [1.29, 1.82) is 0 Å². The van der Waals surface area contributed by atoms with Crippen molar-refractivity contribution < 1.29 is 9.90 Å². The molecular weight excluding hydrogens is 178 g/mol. The minimum atomic E-state index is -0.693. The highest BCUT2D eigenvalue weighted by Crippen LogP contribution is 2.66. The molecule has 2 N–H and O–H groups in total. The number of carboxylic acids is 1. The molecule has 1 heterocycles.